The minimum atomic E-state index is -0.861. The number of hydrogen-bond acceptors (Lipinski definition) is 7. The number of carbonyl (C=O) groups excluding carboxylic acids is 3. The Bertz CT molecular complexity index is 1290. The van der Waals surface area contributed by atoms with E-state index in [4.69, 9.17) is 9.47 Å². The van der Waals surface area contributed by atoms with E-state index in [0.29, 0.717) is 35.9 Å². The second kappa shape index (κ2) is 11.9. The van der Waals surface area contributed by atoms with Crippen molar-refractivity contribution in [3.63, 3.8) is 0 Å². The first-order valence-corrected chi connectivity index (χ1v) is 15.7. The first-order chi connectivity index (χ1) is 19.6. The van der Waals surface area contributed by atoms with Gasteiger partial charge in [-0.3, -0.25) is 14.4 Å². The summed E-state index contributed by atoms with van der Waals surface area (Å²) < 4.78 is 9.91. The zero-order chi connectivity index (χ0) is 29.5. The van der Waals surface area contributed by atoms with E-state index < -0.39 is 28.7 Å². The van der Waals surface area contributed by atoms with Gasteiger partial charge in [-0.1, -0.05) is 29.8 Å². The van der Waals surface area contributed by atoms with Crippen LogP contribution in [-0.4, -0.2) is 75.0 Å². The Morgan fingerprint density at radius 1 is 1.07 bits per heavy atom. The number of nitrogens with zero attached hydrogens (tertiary/aromatic N) is 1. The molecule has 7 atom stereocenters. The summed E-state index contributed by atoms with van der Waals surface area (Å²) in [5, 5.41) is 16.2. The molecule has 3 fully saturated rings. The third-order valence-electron chi connectivity index (χ3n) is 8.38. The summed E-state index contributed by atoms with van der Waals surface area (Å²) in [6.45, 7) is 6.01. The van der Waals surface area contributed by atoms with Crippen molar-refractivity contribution in [3.05, 3.63) is 48.5 Å². The molecule has 3 amide bonds. The van der Waals surface area contributed by atoms with Crippen LogP contribution < -0.4 is 20.1 Å². The average molecular weight is 647 g/mol. The van der Waals surface area contributed by atoms with Crippen LogP contribution in [0.5, 0.6) is 11.5 Å². The Morgan fingerprint density at radius 2 is 1.66 bits per heavy atom. The smallest absolute Gasteiger partial charge is 0.248 e. The third-order valence-corrected chi connectivity index (χ3v) is 11.6. The van der Waals surface area contributed by atoms with Crippen LogP contribution in [0.25, 0.3) is 0 Å². The number of nitrogens with one attached hydrogen (secondary N) is 2. The molecule has 3 N–H and O–H groups in total. The molecule has 0 radical (unpaired) electrons. The Hall–Kier alpha value is -2.76. The van der Waals surface area contributed by atoms with Gasteiger partial charge in [0.1, 0.15) is 17.5 Å². The minimum absolute atomic E-state index is 0.0597. The van der Waals surface area contributed by atoms with Crippen molar-refractivity contribution in [2.45, 2.75) is 54.1 Å². The molecule has 3 aliphatic heterocycles. The topological polar surface area (TPSA) is 117 Å². The lowest BCUT2D eigenvalue weighted by Crippen LogP contribution is -2.56. The molecule has 2 aromatic carbocycles. The van der Waals surface area contributed by atoms with E-state index >= 15 is 0 Å². The van der Waals surface area contributed by atoms with Gasteiger partial charge >= 0.3 is 0 Å². The fraction of sp³-hybridized carbons (Fsp3) is 0.500. The molecule has 5 rings (SSSR count). The molecular weight excluding hydrogens is 610 g/mol. The van der Waals surface area contributed by atoms with Crippen molar-refractivity contribution in [3.8, 4) is 11.5 Å². The summed E-state index contributed by atoms with van der Waals surface area (Å²) in [7, 11) is 1.57. The highest BCUT2D eigenvalue weighted by atomic mass is 79.9. The number of fused-ring (bicyclic) bond motifs is 1. The molecule has 0 saturated carbocycles. The van der Waals surface area contributed by atoms with E-state index in [9.17, 15) is 19.5 Å². The predicted molar refractivity (Wildman–Crippen MR) is 163 cm³/mol. The number of likely N-dealkylation sites (tertiary alicyclic amines) is 1. The van der Waals surface area contributed by atoms with E-state index in [1.54, 1.807) is 72.3 Å². The number of carbonyl (C=O) groups is 3. The largest absolute Gasteiger partial charge is 0.497 e. The summed E-state index contributed by atoms with van der Waals surface area (Å²) in [5.41, 5.74) is 1.18. The van der Waals surface area contributed by atoms with Crippen molar-refractivity contribution in [1.29, 1.82) is 0 Å². The van der Waals surface area contributed by atoms with Gasteiger partial charge in [0.2, 0.25) is 17.7 Å². The number of benzene rings is 2. The van der Waals surface area contributed by atoms with Crippen molar-refractivity contribution in [2.75, 3.05) is 31.0 Å². The van der Waals surface area contributed by atoms with E-state index in [-0.39, 0.29) is 40.3 Å². The monoisotopic (exact) mass is 645 g/mol. The van der Waals surface area contributed by atoms with E-state index in [1.807, 2.05) is 20.8 Å². The van der Waals surface area contributed by atoms with Gasteiger partial charge in [-0.15, -0.1) is 11.8 Å². The SMILES string of the molecule is CCOc1ccc(NC(=O)[C@H]2[C@H]3C(=O)N([C@@H](CO)C(C)C)C(C(=O)Nc4ccc(OC)cc4)C34CC(Br)[C@@H]2S4)cc1. The molecule has 3 aliphatic rings. The summed E-state index contributed by atoms with van der Waals surface area (Å²) in [5.74, 6) is -0.923. The lowest BCUT2D eigenvalue weighted by atomic mass is 9.70. The maximum atomic E-state index is 14.3. The van der Waals surface area contributed by atoms with Gasteiger partial charge in [0.15, 0.2) is 0 Å². The van der Waals surface area contributed by atoms with Crippen LogP contribution in [0.3, 0.4) is 0 Å². The van der Waals surface area contributed by atoms with Crippen molar-refractivity contribution >= 4 is 56.8 Å². The Balaban J connectivity index is 1.48. The maximum Gasteiger partial charge on any atom is 0.248 e. The van der Waals surface area contributed by atoms with Crippen LogP contribution in [0.15, 0.2) is 48.5 Å². The minimum Gasteiger partial charge on any atom is -0.497 e. The van der Waals surface area contributed by atoms with Gasteiger partial charge in [0.25, 0.3) is 0 Å². The predicted octanol–water partition coefficient (Wildman–Crippen LogP) is 4.15. The summed E-state index contributed by atoms with van der Waals surface area (Å²) in [4.78, 5) is 43.8. The fourth-order valence-corrected chi connectivity index (χ4v) is 10.2. The third kappa shape index (κ3) is 5.21. The highest BCUT2D eigenvalue weighted by molar-refractivity contribution is 9.09. The van der Waals surface area contributed by atoms with Gasteiger partial charge in [-0.2, -0.15) is 0 Å². The molecular formula is C30H36BrN3O6S. The number of aliphatic hydroxyl groups excluding tert-OH is 1. The van der Waals surface area contributed by atoms with Gasteiger partial charge in [-0.25, -0.2) is 0 Å². The summed E-state index contributed by atoms with van der Waals surface area (Å²) in [6.07, 6.45) is 0.555. The maximum absolute atomic E-state index is 14.3. The number of methoxy groups -OCH3 is 1. The number of thioether (sulfide) groups is 1. The van der Waals surface area contributed by atoms with Crippen LogP contribution in [0.4, 0.5) is 11.4 Å². The van der Waals surface area contributed by atoms with Crippen LogP contribution >= 0.6 is 27.7 Å². The van der Waals surface area contributed by atoms with E-state index in [0.717, 1.165) is 0 Å². The van der Waals surface area contributed by atoms with Gasteiger partial charge in [0, 0.05) is 21.5 Å². The molecule has 3 unspecified atom stereocenters. The number of rotatable bonds is 10. The van der Waals surface area contributed by atoms with Crippen LogP contribution in [0, 0.1) is 17.8 Å². The Labute approximate surface area is 252 Å². The number of anilines is 2. The van der Waals surface area contributed by atoms with Crippen molar-refractivity contribution < 1.29 is 29.0 Å². The molecule has 3 heterocycles. The molecule has 2 aromatic rings. The lowest BCUT2D eigenvalue weighted by Gasteiger charge is -2.38. The molecule has 11 heteroatoms. The first-order valence-electron chi connectivity index (χ1n) is 13.9. The number of alkyl halides is 1. The number of amides is 3. The fourth-order valence-electron chi connectivity index (χ4n) is 6.56. The highest BCUT2D eigenvalue weighted by Gasteiger charge is 2.76. The molecule has 1 spiro atoms. The number of halogens is 1. The number of ether oxygens (including phenoxy) is 2. The van der Waals surface area contributed by atoms with Gasteiger partial charge < -0.3 is 30.1 Å². The molecule has 9 nitrogen and oxygen atoms in total. The van der Waals surface area contributed by atoms with E-state index in [2.05, 4.69) is 26.6 Å². The number of hydrogen-bond donors (Lipinski definition) is 3. The molecule has 0 aliphatic carbocycles. The average Bonchev–Trinajstić information content (AvgIpc) is 3.54. The van der Waals surface area contributed by atoms with Crippen molar-refractivity contribution in [2.24, 2.45) is 17.8 Å². The molecule has 220 valence electrons. The van der Waals surface area contributed by atoms with Crippen LogP contribution in [-0.2, 0) is 14.4 Å². The highest BCUT2D eigenvalue weighted by Crippen LogP contribution is 2.68. The second-order valence-corrected chi connectivity index (χ2v) is 13.8. The van der Waals surface area contributed by atoms with E-state index in [1.165, 1.54) is 0 Å². The van der Waals surface area contributed by atoms with Crippen LogP contribution in [0.1, 0.15) is 27.2 Å². The summed E-state index contributed by atoms with van der Waals surface area (Å²) in [6, 6.07) is 12.7. The standard InChI is InChI=1S/C30H36BrN3O6S/c1-5-40-20-12-8-17(9-13-20)32-27(36)23-24-29(38)34(22(15-35)16(2)3)26(30(24)14-21(31)25(23)41-30)28(37)33-18-6-10-19(39-4)11-7-18/h6-13,16,21-26,35H,5,14-15H2,1-4H3,(H,32,36)(H,33,37)/t21?,22-,23-,24-,25-,26?,30?/m0/s1. The normalized spacial score (nSPS) is 28.9. The summed E-state index contributed by atoms with van der Waals surface area (Å²) >= 11 is 5.35. The lowest BCUT2D eigenvalue weighted by molar-refractivity contribution is -0.142. The van der Waals surface area contributed by atoms with Gasteiger partial charge in [-0.05, 0) is 67.8 Å². The zero-order valence-corrected chi connectivity index (χ0v) is 25.9. The zero-order valence-electron chi connectivity index (χ0n) is 23.5. The molecule has 2 bridgehead atoms. The molecule has 0 aromatic heterocycles. The first kappa shape index (κ1) is 29.7. The molecule has 3 saturated heterocycles. The Morgan fingerprint density at radius 3 is 2.20 bits per heavy atom. The van der Waals surface area contributed by atoms with Gasteiger partial charge in [0.05, 0.1) is 42.9 Å². The van der Waals surface area contributed by atoms with Crippen molar-refractivity contribution in [1.82, 2.24) is 4.90 Å². The van der Waals surface area contributed by atoms with Crippen LogP contribution in [0.2, 0.25) is 0 Å². The Kier molecular flexibility index (Phi) is 8.59. The molecule has 41 heavy (non-hydrogen) atoms. The second-order valence-electron chi connectivity index (χ2n) is 11.1. The quantitative estimate of drug-likeness (QED) is 0.332. The number of aliphatic hydroxyl groups is 1.